The van der Waals surface area contributed by atoms with Gasteiger partial charge in [0.2, 0.25) is 5.95 Å². The molecule has 3 rings (SSSR count). The van der Waals surface area contributed by atoms with Crippen molar-refractivity contribution in [3.8, 4) is 0 Å². The van der Waals surface area contributed by atoms with Crippen LogP contribution in [0.1, 0.15) is 45.4 Å². The zero-order valence-electron chi connectivity index (χ0n) is 18.9. The standard InChI is InChI=1S/C22H39N7O.HI/c1-2-23-20(27-19-22(9-18-30)7-4-3-5-8-22)24-12-13-28-14-16-29(17-15-28)21-25-10-6-11-26-21;/h6,10-11,30H,2-5,7-9,12-19H2,1H3,(H2,23,24,27);1H. The Bertz CT molecular complexity index is 626. The van der Waals surface area contributed by atoms with Gasteiger partial charge in [-0.05, 0) is 37.7 Å². The van der Waals surface area contributed by atoms with Crippen LogP contribution in [0.25, 0.3) is 0 Å². The van der Waals surface area contributed by atoms with Crippen LogP contribution in [0.2, 0.25) is 0 Å². The van der Waals surface area contributed by atoms with Gasteiger partial charge in [0, 0.05) is 71.4 Å². The number of aliphatic hydroxyl groups is 1. The molecule has 2 heterocycles. The second kappa shape index (κ2) is 14.1. The van der Waals surface area contributed by atoms with Gasteiger partial charge in [-0.2, -0.15) is 0 Å². The van der Waals surface area contributed by atoms with Crippen molar-refractivity contribution in [2.24, 2.45) is 10.4 Å². The van der Waals surface area contributed by atoms with E-state index >= 15 is 0 Å². The molecule has 1 saturated heterocycles. The topological polar surface area (TPSA) is 88.9 Å². The molecule has 9 heteroatoms. The van der Waals surface area contributed by atoms with Crippen LogP contribution in [-0.4, -0.2) is 84.9 Å². The number of hydrogen-bond acceptors (Lipinski definition) is 6. The van der Waals surface area contributed by atoms with Gasteiger partial charge in [0.15, 0.2) is 5.96 Å². The molecule has 8 nitrogen and oxygen atoms in total. The van der Waals surface area contributed by atoms with Gasteiger partial charge >= 0.3 is 0 Å². The number of nitrogens with zero attached hydrogens (tertiary/aromatic N) is 5. The molecule has 0 unspecified atom stereocenters. The van der Waals surface area contributed by atoms with Crippen LogP contribution in [0.5, 0.6) is 0 Å². The van der Waals surface area contributed by atoms with Crippen molar-refractivity contribution < 1.29 is 5.11 Å². The highest BCUT2D eigenvalue weighted by Gasteiger charge is 2.31. The van der Waals surface area contributed by atoms with Crippen molar-refractivity contribution in [1.82, 2.24) is 25.5 Å². The maximum Gasteiger partial charge on any atom is 0.225 e. The number of rotatable bonds is 9. The Morgan fingerprint density at radius 3 is 2.45 bits per heavy atom. The number of halogens is 1. The maximum absolute atomic E-state index is 9.53. The summed E-state index contributed by atoms with van der Waals surface area (Å²) >= 11 is 0. The van der Waals surface area contributed by atoms with E-state index in [4.69, 9.17) is 4.99 Å². The lowest BCUT2D eigenvalue weighted by Gasteiger charge is -2.36. The molecule has 1 aliphatic carbocycles. The lowest BCUT2D eigenvalue weighted by molar-refractivity contribution is 0.137. The van der Waals surface area contributed by atoms with Crippen molar-refractivity contribution in [1.29, 1.82) is 0 Å². The molecule has 1 saturated carbocycles. The Labute approximate surface area is 204 Å². The number of nitrogens with one attached hydrogen (secondary N) is 2. The molecule has 0 amide bonds. The largest absolute Gasteiger partial charge is 0.396 e. The van der Waals surface area contributed by atoms with Crippen LogP contribution < -0.4 is 15.5 Å². The van der Waals surface area contributed by atoms with Crippen LogP contribution >= 0.6 is 24.0 Å². The smallest absolute Gasteiger partial charge is 0.225 e. The lowest BCUT2D eigenvalue weighted by Crippen LogP contribution is -2.49. The molecule has 31 heavy (non-hydrogen) atoms. The normalized spacial score (nSPS) is 19.5. The van der Waals surface area contributed by atoms with Crippen LogP contribution in [0, 0.1) is 5.41 Å². The molecule has 0 aromatic carbocycles. The van der Waals surface area contributed by atoms with Gasteiger partial charge in [-0.1, -0.05) is 19.3 Å². The summed E-state index contributed by atoms with van der Waals surface area (Å²) in [5.74, 6) is 1.73. The molecule has 3 N–H and O–H groups in total. The number of aliphatic hydroxyl groups excluding tert-OH is 1. The molecule has 1 aromatic rings. The van der Waals surface area contributed by atoms with Crippen LogP contribution in [-0.2, 0) is 0 Å². The molecule has 0 spiro atoms. The average molecular weight is 546 g/mol. The third-order valence-electron chi connectivity index (χ3n) is 6.40. The van der Waals surface area contributed by atoms with Crippen LogP contribution in [0.4, 0.5) is 5.95 Å². The third-order valence-corrected chi connectivity index (χ3v) is 6.40. The Morgan fingerprint density at radius 1 is 1.10 bits per heavy atom. The summed E-state index contributed by atoms with van der Waals surface area (Å²) < 4.78 is 0. The Hall–Kier alpha value is -1.20. The first kappa shape index (κ1) is 26.1. The number of anilines is 1. The number of aliphatic imine (C=N–C) groups is 1. The van der Waals surface area contributed by atoms with Gasteiger partial charge < -0.3 is 20.6 Å². The highest BCUT2D eigenvalue weighted by molar-refractivity contribution is 14.0. The zero-order chi connectivity index (χ0) is 21.1. The molecule has 0 atom stereocenters. The number of aromatic nitrogens is 2. The van der Waals surface area contributed by atoms with E-state index in [0.29, 0.717) is 0 Å². The summed E-state index contributed by atoms with van der Waals surface area (Å²) in [5, 5.41) is 16.4. The third kappa shape index (κ3) is 8.34. The minimum atomic E-state index is 0. The van der Waals surface area contributed by atoms with E-state index in [1.807, 2.05) is 6.07 Å². The lowest BCUT2D eigenvalue weighted by atomic mass is 9.72. The monoisotopic (exact) mass is 545 g/mol. The van der Waals surface area contributed by atoms with E-state index in [0.717, 1.165) is 70.7 Å². The van der Waals surface area contributed by atoms with E-state index in [2.05, 4.69) is 37.3 Å². The summed E-state index contributed by atoms with van der Waals surface area (Å²) in [4.78, 5) is 18.3. The number of guanidine groups is 1. The highest BCUT2D eigenvalue weighted by Crippen LogP contribution is 2.39. The van der Waals surface area contributed by atoms with Crippen molar-refractivity contribution in [3.05, 3.63) is 18.5 Å². The number of hydrogen-bond donors (Lipinski definition) is 3. The molecular weight excluding hydrogens is 505 g/mol. The fourth-order valence-corrected chi connectivity index (χ4v) is 4.57. The van der Waals surface area contributed by atoms with Crippen molar-refractivity contribution >= 4 is 35.9 Å². The van der Waals surface area contributed by atoms with E-state index < -0.39 is 0 Å². The molecule has 176 valence electrons. The van der Waals surface area contributed by atoms with Gasteiger partial charge in [0.25, 0.3) is 0 Å². The second-order valence-electron chi connectivity index (χ2n) is 8.53. The van der Waals surface area contributed by atoms with Crippen LogP contribution in [0.3, 0.4) is 0 Å². The van der Waals surface area contributed by atoms with E-state index in [9.17, 15) is 5.11 Å². The quantitative estimate of drug-likeness (QED) is 0.249. The summed E-state index contributed by atoms with van der Waals surface area (Å²) in [6, 6.07) is 1.86. The second-order valence-corrected chi connectivity index (χ2v) is 8.53. The SMILES string of the molecule is CCNC(=NCC1(CCO)CCCCC1)NCCN1CCN(c2ncccn2)CC1.I. The highest BCUT2D eigenvalue weighted by atomic mass is 127. The fraction of sp³-hybridized carbons (Fsp3) is 0.773. The van der Waals surface area contributed by atoms with Crippen LogP contribution in [0.15, 0.2) is 23.5 Å². The average Bonchev–Trinajstić information content (AvgIpc) is 2.79. The van der Waals surface area contributed by atoms with Gasteiger partial charge in [-0.25, -0.2) is 9.97 Å². The van der Waals surface area contributed by atoms with Crippen molar-refractivity contribution in [3.63, 3.8) is 0 Å². The first-order chi connectivity index (χ1) is 14.7. The Kier molecular flexibility index (Phi) is 11.8. The predicted octanol–water partition coefficient (Wildman–Crippen LogP) is 2.10. The van der Waals surface area contributed by atoms with Gasteiger partial charge in [0.05, 0.1) is 0 Å². The molecule has 0 bridgehead atoms. The summed E-state index contributed by atoms with van der Waals surface area (Å²) in [6.45, 7) is 9.86. The van der Waals surface area contributed by atoms with Crippen molar-refractivity contribution in [2.75, 3.05) is 63.9 Å². The minimum Gasteiger partial charge on any atom is -0.396 e. The molecule has 1 aromatic heterocycles. The zero-order valence-corrected chi connectivity index (χ0v) is 21.3. The predicted molar refractivity (Wildman–Crippen MR) is 137 cm³/mol. The van der Waals surface area contributed by atoms with Gasteiger partial charge in [-0.3, -0.25) is 9.89 Å². The van der Waals surface area contributed by atoms with E-state index in [1.54, 1.807) is 12.4 Å². The summed E-state index contributed by atoms with van der Waals surface area (Å²) in [6.07, 6.45) is 10.7. The Morgan fingerprint density at radius 2 is 1.81 bits per heavy atom. The minimum absolute atomic E-state index is 0. The summed E-state index contributed by atoms with van der Waals surface area (Å²) in [7, 11) is 0. The molecule has 2 aliphatic rings. The van der Waals surface area contributed by atoms with Gasteiger partial charge in [-0.15, -0.1) is 24.0 Å². The molecule has 1 aliphatic heterocycles. The van der Waals surface area contributed by atoms with E-state index in [-0.39, 0.29) is 36.0 Å². The first-order valence-corrected chi connectivity index (χ1v) is 11.6. The Balaban J connectivity index is 0.00000341. The van der Waals surface area contributed by atoms with E-state index in [1.165, 1.54) is 32.1 Å². The fourth-order valence-electron chi connectivity index (χ4n) is 4.57. The molecule has 0 radical (unpaired) electrons. The first-order valence-electron chi connectivity index (χ1n) is 11.6. The molecule has 2 fully saturated rings. The maximum atomic E-state index is 9.53. The van der Waals surface area contributed by atoms with Crippen molar-refractivity contribution in [2.45, 2.75) is 45.4 Å². The van der Waals surface area contributed by atoms with Gasteiger partial charge in [0.1, 0.15) is 0 Å². The summed E-state index contributed by atoms with van der Waals surface area (Å²) in [5.41, 5.74) is 0.186. The molecular formula is C22H40IN7O. The number of piperazine rings is 1.